The second kappa shape index (κ2) is 13.9. The lowest BCUT2D eigenvalue weighted by Crippen LogP contribution is -2.42. The van der Waals surface area contributed by atoms with Crippen LogP contribution >= 0.6 is 0 Å². The molecule has 1 fully saturated rings. The summed E-state index contributed by atoms with van der Waals surface area (Å²) >= 11 is 0. The summed E-state index contributed by atoms with van der Waals surface area (Å²) in [4.78, 5) is 19.1. The highest BCUT2D eigenvalue weighted by atomic mass is 16.5. The van der Waals surface area contributed by atoms with Gasteiger partial charge in [0.25, 0.3) is 0 Å². The van der Waals surface area contributed by atoms with Gasteiger partial charge in [0.15, 0.2) is 0 Å². The molecule has 0 atom stereocenters. The normalized spacial score (nSPS) is 13.6. The van der Waals surface area contributed by atoms with E-state index in [1.54, 1.807) is 13.3 Å². The Morgan fingerprint density at radius 3 is 2.45 bits per heavy atom. The third-order valence-electron chi connectivity index (χ3n) is 7.36. The van der Waals surface area contributed by atoms with E-state index in [-0.39, 0.29) is 5.78 Å². The minimum absolute atomic E-state index is 0.222. The van der Waals surface area contributed by atoms with E-state index in [1.165, 1.54) is 11.1 Å². The Bertz CT molecular complexity index is 1380. The quantitative estimate of drug-likeness (QED) is 0.259. The monoisotopic (exact) mass is 535 g/mol. The number of ketones is 1. The molecule has 0 radical (unpaired) electrons. The molecule has 1 N–H and O–H groups in total. The van der Waals surface area contributed by atoms with E-state index < -0.39 is 0 Å². The molecular weight excluding hydrogens is 498 g/mol. The first-order chi connectivity index (χ1) is 19.7. The average Bonchev–Trinajstić information content (AvgIpc) is 3.01. The van der Waals surface area contributed by atoms with E-state index in [9.17, 15) is 4.79 Å². The van der Waals surface area contributed by atoms with Crippen molar-refractivity contribution < 1.29 is 14.3 Å². The van der Waals surface area contributed by atoms with Crippen LogP contribution in [0.15, 0.2) is 91.3 Å². The number of rotatable bonds is 12. The van der Waals surface area contributed by atoms with Crippen molar-refractivity contribution in [2.45, 2.75) is 32.4 Å². The number of hydrogen-bond acceptors (Lipinski definition) is 6. The van der Waals surface area contributed by atoms with E-state index in [0.29, 0.717) is 19.4 Å². The first-order valence-corrected chi connectivity index (χ1v) is 14.0. The maximum absolute atomic E-state index is 12.5. The molecule has 0 bridgehead atoms. The second-order valence-corrected chi connectivity index (χ2v) is 10.2. The molecule has 4 aromatic rings. The molecule has 5 rings (SSSR count). The number of hydrogen-bond donors (Lipinski definition) is 1. The predicted octanol–water partition coefficient (Wildman–Crippen LogP) is 5.49. The fourth-order valence-corrected chi connectivity index (χ4v) is 5.10. The number of pyridine rings is 1. The zero-order valence-corrected chi connectivity index (χ0v) is 23.1. The molecular formula is C34H37N3O3. The number of aromatic nitrogens is 1. The van der Waals surface area contributed by atoms with Crippen molar-refractivity contribution in [3.05, 3.63) is 114 Å². The second-order valence-electron chi connectivity index (χ2n) is 10.2. The fraction of sp³-hybridized carbons (Fsp3) is 0.294. The molecule has 0 amide bonds. The molecule has 3 aromatic carbocycles. The summed E-state index contributed by atoms with van der Waals surface area (Å²) in [6.45, 7) is 5.50. The van der Waals surface area contributed by atoms with Gasteiger partial charge in [0.05, 0.1) is 7.11 Å². The van der Waals surface area contributed by atoms with Crippen molar-refractivity contribution in [2.75, 3.05) is 33.3 Å². The molecule has 0 spiro atoms. The lowest BCUT2D eigenvalue weighted by atomic mass is 9.95. The lowest BCUT2D eigenvalue weighted by molar-refractivity contribution is -0.118. The Morgan fingerprint density at radius 1 is 0.875 bits per heavy atom. The van der Waals surface area contributed by atoms with Crippen molar-refractivity contribution in [2.24, 2.45) is 0 Å². The molecule has 1 aromatic heterocycles. The molecule has 2 heterocycles. The molecule has 1 aliphatic rings. The van der Waals surface area contributed by atoms with Gasteiger partial charge in [-0.1, -0.05) is 48.5 Å². The number of benzene rings is 3. The minimum atomic E-state index is 0.222. The van der Waals surface area contributed by atoms with E-state index in [4.69, 9.17) is 9.47 Å². The zero-order valence-electron chi connectivity index (χ0n) is 23.1. The zero-order chi connectivity index (χ0) is 27.6. The molecule has 1 saturated heterocycles. The molecule has 40 heavy (non-hydrogen) atoms. The van der Waals surface area contributed by atoms with Gasteiger partial charge in [-0.2, -0.15) is 0 Å². The van der Waals surface area contributed by atoms with Gasteiger partial charge in [0.1, 0.15) is 23.9 Å². The van der Waals surface area contributed by atoms with Crippen molar-refractivity contribution in [1.82, 2.24) is 15.2 Å². The van der Waals surface area contributed by atoms with Crippen molar-refractivity contribution in [1.29, 1.82) is 0 Å². The molecule has 206 valence electrons. The van der Waals surface area contributed by atoms with Crippen LogP contribution in [0.1, 0.15) is 28.7 Å². The van der Waals surface area contributed by atoms with Crippen molar-refractivity contribution in [3.8, 4) is 22.6 Å². The highest BCUT2D eigenvalue weighted by molar-refractivity contribution is 5.81. The Hall–Kier alpha value is -4.00. The van der Waals surface area contributed by atoms with Crippen LogP contribution in [0.4, 0.5) is 0 Å². The van der Waals surface area contributed by atoms with Crippen LogP contribution < -0.4 is 14.8 Å². The summed E-state index contributed by atoms with van der Waals surface area (Å²) < 4.78 is 11.8. The Labute approximate surface area is 237 Å². The van der Waals surface area contributed by atoms with Gasteiger partial charge >= 0.3 is 0 Å². The summed E-state index contributed by atoms with van der Waals surface area (Å²) in [6.07, 6.45) is 5.22. The maximum Gasteiger partial charge on any atom is 0.137 e. The number of aryl methyl sites for hydroxylation is 1. The Balaban J connectivity index is 1.24. The third kappa shape index (κ3) is 7.56. The molecule has 1 aliphatic heterocycles. The predicted molar refractivity (Wildman–Crippen MR) is 159 cm³/mol. The standard InChI is InChI=1S/C34H37N3O3/c1-39-32-15-11-29(34(22-32)33-7-3-2-6-28(33)24-37-19-17-35-18-20-37)25-40-31-13-9-26(10-14-31)21-30(38)12-8-27-5-4-16-36-23-27/h2-7,9-11,13-16,22-23,35H,8,12,17-21,24-25H2,1H3. The Kier molecular flexibility index (Phi) is 9.56. The van der Waals surface area contributed by atoms with Crippen molar-refractivity contribution in [3.63, 3.8) is 0 Å². The number of carbonyl (C=O) groups excluding carboxylic acids is 1. The number of nitrogens with one attached hydrogen (secondary N) is 1. The van der Waals surface area contributed by atoms with E-state index in [2.05, 4.69) is 51.6 Å². The Morgan fingerprint density at radius 2 is 1.68 bits per heavy atom. The highest BCUT2D eigenvalue weighted by Gasteiger charge is 2.16. The maximum atomic E-state index is 12.5. The van der Waals surface area contributed by atoms with Gasteiger partial charge < -0.3 is 14.8 Å². The summed E-state index contributed by atoms with van der Waals surface area (Å²) in [5, 5.41) is 3.43. The summed E-state index contributed by atoms with van der Waals surface area (Å²) in [7, 11) is 1.70. The topological polar surface area (TPSA) is 63.7 Å². The average molecular weight is 536 g/mol. The summed E-state index contributed by atoms with van der Waals surface area (Å²) in [6, 6.07) is 26.6. The minimum Gasteiger partial charge on any atom is -0.497 e. The number of ether oxygens (including phenoxy) is 2. The van der Waals surface area contributed by atoms with Crippen LogP contribution in [0.2, 0.25) is 0 Å². The summed E-state index contributed by atoms with van der Waals surface area (Å²) in [5.41, 5.74) is 6.82. The first kappa shape index (κ1) is 27.6. The SMILES string of the molecule is COc1ccc(COc2ccc(CC(=O)CCc3cccnc3)cc2)c(-c2ccccc2CN2CCNCC2)c1. The number of piperazine rings is 1. The summed E-state index contributed by atoms with van der Waals surface area (Å²) in [5.74, 6) is 1.83. The number of nitrogens with zero attached hydrogens (tertiary/aromatic N) is 2. The third-order valence-corrected chi connectivity index (χ3v) is 7.36. The fourth-order valence-electron chi connectivity index (χ4n) is 5.10. The van der Waals surface area contributed by atoms with Gasteiger partial charge in [-0.25, -0.2) is 0 Å². The van der Waals surface area contributed by atoms with Crippen LogP contribution in [0, 0.1) is 0 Å². The molecule has 0 saturated carbocycles. The van der Waals surface area contributed by atoms with Gasteiger partial charge in [-0.05, 0) is 70.1 Å². The van der Waals surface area contributed by atoms with E-state index >= 15 is 0 Å². The first-order valence-electron chi connectivity index (χ1n) is 14.0. The van der Waals surface area contributed by atoms with Gasteiger partial charge in [0.2, 0.25) is 0 Å². The van der Waals surface area contributed by atoms with Crippen molar-refractivity contribution >= 4 is 5.78 Å². The smallest absolute Gasteiger partial charge is 0.137 e. The van der Waals surface area contributed by atoms with E-state index in [1.807, 2.05) is 48.7 Å². The van der Waals surface area contributed by atoms with Crippen LogP contribution in [0.25, 0.3) is 11.1 Å². The van der Waals surface area contributed by atoms with Gasteiger partial charge in [0, 0.05) is 58.0 Å². The number of carbonyl (C=O) groups is 1. The lowest BCUT2D eigenvalue weighted by Gasteiger charge is -2.28. The van der Waals surface area contributed by atoms with Gasteiger partial charge in [-0.3, -0.25) is 14.7 Å². The van der Waals surface area contributed by atoms with Gasteiger partial charge in [-0.15, -0.1) is 0 Å². The van der Waals surface area contributed by atoms with Crippen LogP contribution in [0.3, 0.4) is 0 Å². The molecule has 0 aliphatic carbocycles. The highest BCUT2D eigenvalue weighted by Crippen LogP contribution is 2.32. The largest absolute Gasteiger partial charge is 0.497 e. The number of Topliss-reactive ketones (excluding diaryl/α,β-unsaturated/α-hetero) is 1. The van der Waals surface area contributed by atoms with Crippen LogP contribution in [0.5, 0.6) is 11.5 Å². The van der Waals surface area contributed by atoms with Crippen LogP contribution in [-0.2, 0) is 30.8 Å². The molecule has 6 nitrogen and oxygen atoms in total. The molecule has 0 unspecified atom stereocenters. The molecule has 6 heteroatoms. The van der Waals surface area contributed by atoms with E-state index in [0.717, 1.165) is 72.9 Å². The van der Waals surface area contributed by atoms with Crippen LogP contribution in [-0.4, -0.2) is 49.0 Å². The number of methoxy groups -OCH3 is 1.